The van der Waals surface area contributed by atoms with Gasteiger partial charge in [0.05, 0.1) is 11.3 Å². The molecule has 2 rings (SSSR count). The molecule has 0 aliphatic heterocycles. The summed E-state index contributed by atoms with van der Waals surface area (Å²) in [6.07, 6.45) is 0. The lowest BCUT2D eigenvalue weighted by molar-refractivity contribution is 0.0697. The summed E-state index contributed by atoms with van der Waals surface area (Å²) in [6, 6.07) is 6.80. The number of benzene rings is 1. The van der Waals surface area contributed by atoms with E-state index >= 15 is 0 Å². The van der Waals surface area contributed by atoms with Gasteiger partial charge in [-0.1, -0.05) is 24.3 Å². The molecule has 1 N–H and O–H groups in total. The molecule has 0 spiro atoms. The Hall–Kier alpha value is -1.98. The van der Waals surface area contributed by atoms with Crippen molar-refractivity contribution in [2.24, 2.45) is 0 Å². The van der Waals surface area contributed by atoms with Crippen molar-refractivity contribution < 1.29 is 9.90 Å². The molecule has 0 radical (unpaired) electrons. The van der Waals surface area contributed by atoms with Crippen molar-refractivity contribution in [3.05, 3.63) is 53.1 Å². The van der Waals surface area contributed by atoms with Crippen molar-refractivity contribution in [2.45, 2.75) is 13.5 Å². The third-order valence-corrected chi connectivity index (χ3v) is 3.84. The van der Waals surface area contributed by atoms with Gasteiger partial charge in [0.25, 0.3) is 0 Å². The maximum atomic E-state index is 10.8. The fourth-order valence-corrected chi connectivity index (χ4v) is 2.88. The Morgan fingerprint density at radius 3 is 2.62 bits per heavy atom. The van der Waals surface area contributed by atoms with Crippen LogP contribution < -0.4 is 0 Å². The molecule has 0 bridgehead atoms. The summed E-state index contributed by atoms with van der Waals surface area (Å²) in [5.41, 5.74) is 3.37. The molecular weight excluding hydrogens is 284 g/mol. The molecule has 0 atom stereocenters. The summed E-state index contributed by atoms with van der Waals surface area (Å²) in [6.45, 7) is 7.53. The number of aromatic nitrogens is 1. The molecule has 0 unspecified atom stereocenters. The third-order valence-electron chi connectivity index (χ3n) is 2.90. The Kier molecular flexibility index (Phi) is 4.88. The van der Waals surface area contributed by atoms with Gasteiger partial charge in [-0.2, -0.15) is 0 Å². The van der Waals surface area contributed by atoms with Crippen LogP contribution in [0, 0.1) is 0 Å². The molecule has 5 heteroatoms. The standard InChI is InChI=1S/C16H18N2O2S/c1-11(2)8-18(3)9-14-10-21-15(17-14)12-4-6-13(7-5-12)16(19)20/h4-7,10H,1,8-9H2,2-3H3,(H,19,20). The smallest absolute Gasteiger partial charge is 0.335 e. The second-order valence-electron chi connectivity index (χ2n) is 5.16. The van der Waals surface area contributed by atoms with Crippen LogP contribution in [0.2, 0.25) is 0 Å². The number of carbonyl (C=O) groups is 1. The van der Waals surface area contributed by atoms with Gasteiger partial charge in [0.15, 0.2) is 0 Å². The minimum absolute atomic E-state index is 0.289. The van der Waals surface area contributed by atoms with Gasteiger partial charge in [-0.25, -0.2) is 9.78 Å². The Bertz CT molecular complexity index is 647. The minimum Gasteiger partial charge on any atom is -0.478 e. The van der Waals surface area contributed by atoms with Crippen molar-refractivity contribution in [3.8, 4) is 10.6 Å². The Labute approximate surface area is 128 Å². The number of likely N-dealkylation sites (N-methyl/N-ethyl adjacent to an activating group) is 1. The number of carboxylic acids is 1. The highest BCUT2D eigenvalue weighted by atomic mass is 32.1. The average molecular weight is 302 g/mol. The largest absolute Gasteiger partial charge is 0.478 e. The fraction of sp³-hybridized carbons (Fsp3) is 0.250. The summed E-state index contributed by atoms with van der Waals surface area (Å²) in [5.74, 6) is -0.914. The molecule has 1 aromatic heterocycles. The molecule has 1 aromatic carbocycles. The van der Waals surface area contributed by atoms with Crippen molar-refractivity contribution in [2.75, 3.05) is 13.6 Å². The lowest BCUT2D eigenvalue weighted by Gasteiger charge is -2.14. The zero-order chi connectivity index (χ0) is 15.4. The predicted molar refractivity (Wildman–Crippen MR) is 85.7 cm³/mol. The first-order valence-electron chi connectivity index (χ1n) is 6.57. The highest BCUT2D eigenvalue weighted by Crippen LogP contribution is 2.24. The number of rotatable bonds is 6. The monoisotopic (exact) mass is 302 g/mol. The van der Waals surface area contributed by atoms with E-state index in [2.05, 4.69) is 16.5 Å². The fourth-order valence-electron chi connectivity index (χ4n) is 2.06. The van der Waals surface area contributed by atoms with E-state index < -0.39 is 5.97 Å². The van der Waals surface area contributed by atoms with Crippen LogP contribution in [0.1, 0.15) is 23.0 Å². The van der Waals surface area contributed by atoms with Gasteiger partial charge < -0.3 is 5.11 Å². The van der Waals surface area contributed by atoms with Crippen LogP contribution in [-0.4, -0.2) is 34.6 Å². The zero-order valence-electron chi connectivity index (χ0n) is 12.2. The molecule has 0 saturated carbocycles. The molecule has 110 valence electrons. The van der Waals surface area contributed by atoms with Crippen LogP contribution in [0.4, 0.5) is 0 Å². The lowest BCUT2D eigenvalue weighted by atomic mass is 10.1. The number of carboxylic acid groups (broad SMARTS) is 1. The van der Waals surface area contributed by atoms with E-state index in [1.165, 1.54) is 0 Å². The number of hydrogen-bond donors (Lipinski definition) is 1. The Morgan fingerprint density at radius 1 is 1.38 bits per heavy atom. The van der Waals surface area contributed by atoms with Gasteiger partial charge in [-0.05, 0) is 26.1 Å². The molecule has 0 saturated heterocycles. The highest BCUT2D eigenvalue weighted by molar-refractivity contribution is 7.13. The molecule has 1 heterocycles. The Morgan fingerprint density at radius 2 is 2.05 bits per heavy atom. The number of nitrogens with zero attached hydrogens (tertiary/aromatic N) is 2. The van der Waals surface area contributed by atoms with Crippen LogP contribution in [0.3, 0.4) is 0 Å². The van der Waals surface area contributed by atoms with E-state index in [-0.39, 0.29) is 5.56 Å². The number of aromatic carboxylic acids is 1. The molecule has 21 heavy (non-hydrogen) atoms. The molecule has 0 aliphatic rings. The van der Waals surface area contributed by atoms with E-state index in [9.17, 15) is 4.79 Å². The van der Waals surface area contributed by atoms with Crippen molar-refractivity contribution in [1.29, 1.82) is 0 Å². The average Bonchev–Trinajstić information content (AvgIpc) is 2.86. The normalized spacial score (nSPS) is 10.8. The molecular formula is C16H18N2O2S. The van der Waals surface area contributed by atoms with Crippen LogP contribution in [-0.2, 0) is 6.54 Å². The van der Waals surface area contributed by atoms with Gasteiger partial charge >= 0.3 is 5.97 Å². The lowest BCUT2D eigenvalue weighted by Crippen LogP contribution is -2.19. The number of hydrogen-bond acceptors (Lipinski definition) is 4. The predicted octanol–water partition coefficient (Wildman–Crippen LogP) is 3.52. The van der Waals surface area contributed by atoms with Crippen LogP contribution >= 0.6 is 11.3 Å². The van der Waals surface area contributed by atoms with Gasteiger partial charge in [0.1, 0.15) is 5.01 Å². The van der Waals surface area contributed by atoms with Crippen LogP contribution in [0.25, 0.3) is 10.6 Å². The summed E-state index contributed by atoms with van der Waals surface area (Å²) in [4.78, 5) is 17.6. The highest BCUT2D eigenvalue weighted by Gasteiger charge is 2.08. The summed E-state index contributed by atoms with van der Waals surface area (Å²) < 4.78 is 0. The van der Waals surface area contributed by atoms with Crippen molar-refractivity contribution in [3.63, 3.8) is 0 Å². The second-order valence-corrected chi connectivity index (χ2v) is 6.01. The topological polar surface area (TPSA) is 53.4 Å². The van der Waals surface area contributed by atoms with Gasteiger partial charge in [0.2, 0.25) is 0 Å². The van der Waals surface area contributed by atoms with E-state index in [4.69, 9.17) is 5.11 Å². The zero-order valence-corrected chi connectivity index (χ0v) is 13.0. The summed E-state index contributed by atoms with van der Waals surface area (Å²) in [7, 11) is 2.04. The minimum atomic E-state index is -0.914. The summed E-state index contributed by atoms with van der Waals surface area (Å²) in [5, 5.41) is 11.8. The summed E-state index contributed by atoms with van der Waals surface area (Å²) >= 11 is 1.57. The first kappa shape index (κ1) is 15.4. The van der Waals surface area contributed by atoms with Crippen LogP contribution in [0.15, 0.2) is 41.8 Å². The van der Waals surface area contributed by atoms with E-state index in [0.717, 1.165) is 34.9 Å². The van der Waals surface area contributed by atoms with Gasteiger partial charge in [-0.3, -0.25) is 4.90 Å². The van der Waals surface area contributed by atoms with E-state index in [0.29, 0.717) is 0 Å². The quantitative estimate of drug-likeness (QED) is 0.830. The molecule has 0 fully saturated rings. The maximum Gasteiger partial charge on any atom is 0.335 e. The van der Waals surface area contributed by atoms with Crippen molar-refractivity contribution >= 4 is 17.3 Å². The van der Waals surface area contributed by atoms with Gasteiger partial charge in [0, 0.05) is 24.0 Å². The van der Waals surface area contributed by atoms with Gasteiger partial charge in [-0.15, -0.1) is 11.3 Å². The molecule has 0 amide bonds. The van der Waals surface area contributed by atoms with Crippen molar-refractivity contribution in [1.82, 2.24) is 9.88 Å². The first-order valence-corrected chi connectivity index (χ1v) is 7.44. The molecule has 4 nitrogen and oxygen atoms in total. The first-order chi connectivity index (χ1) is 9.95. The van der Waals surface area contributed by atoms with Crippen LogP contribution in [0.5, 0.6) is 0 Å². The molecule has 0 aliphatic carbocycles. The number of thiazole rings is 1. The SMILES string of the molecule is C=C(C)CN(C)Cc1csc(-c2ccc(C(=O)O)cc2)n1. The van der Waals surface area contributed by atoms with E-state index in [1.54, 1.807) is 35.6 Å². The Balaban J connectivity index is 2.08. The second kappa shape index (κ2) is 6.65. The molecule has 2 aromatic rings. The third kappa shape index (κ3) is 4.24. The maximum absolute atomic E-state index is 10.8. The van der Waals surface area contributed by atoms with E-state index in [1.807, 2.05) is 19.4 Å².